The first kappa shape index (κ1) is 12.1. The predicted octanol–water partition coefficient (Wildman–Crippen LogP) is 0.490. The number of amides is 1. The highest BCUT2D eigenvalue weighted by molar-refractivity contribution is 5.92. The summed E-state index contributed by atoms with van der Waals surface area (Å²) in [4.78, 5) is 18.2. The minimum Gasteiger partial charge on any atom is -0.340 e. The highest BCUT2D eigenvalue weighted by Gasteiger charge is 2.28. The van der Waals surface area contributed by atoms with E-state index in [2.05, 4.69) is 17.2 Å². The molecule has 0 spiro atoms. The normalized spacial score (nSPS) is 25.0. The van der Waals surface area contributed by atoms with Gasteiger partial charge in [0.2, 0.25) is 0 Å². The molecule has 1 amide bonds. The number of hydrogen-bond acceptors (Lipinski definition) is 3. The number of rotatable bonds is 2. The van der Waals surface area contributed by atoms with Crippen molar-refractivity contribution in [2.75, 3.05) is 20.1 Å². The molecule has 2 atom stereocenters. The quantitative estimate of drug-likeness (QED) is 0.813. The van der Waals surface area contributed by atoms with Gasteiger partial charge in [0.1, 0.15) is 5.69 Å². The lowest BCUT2D eigenvalue weighted by molar-refractivity contribution is 0.0644. The molecule has 0 radical (unpaired) electrons. The van der Waals surface area contributed by atoms with Crippen molar-refractivity contribution in [2.45, 2.75) is 19.4 Å². The first-order valence-electron chi connectivity index (χ1n) is 6.06. The Balaban J connectivity index is 2.02. The fraction of sp³-hybridized carbons (Fsp3) is 0.667. The van der Waals surface area contributed by atoms with E-state index in [9.17, 15) is 4.79 Å². The van der Waals surface area contributed by atoms with Crippen LogP contribution in [0.2, 0.25) is 0 Å². The van der Waals surface area contributed by atoms with Gasteiger partial charge in [-0.05, 0) is 19.4 Å². The number of nitrogens with zero attached hydrogens (tertiary/aromatic N) is 3. The molecule has 5 heteroatoms. The Morgan fingerprint density at radius 2 is 2.35 bits per heavy atom. The first-order chi connectivity index (χ1) is 8.11. The molecule has 0 aliphatic carbocycles. The molecular weight excluding hydrogens is 216 g/mol. The Morgan fingerprint density at radius 1 is 1.59 bits per heavy atom. The topological polar surface area (TPSA) is 50.2 Å². The maximum absolute atomic E-state index is 12.2. The van der Waals surface area contributed by atoms with Crippen LogP contribution in [-0.4, -0.2) is 46.5 Å². The smallest absolute Gasteiger partial charge is 0.274 e. The molecule has 1 aromatic rings. The van der Waals surface area contributed by atoms with Gasteiger partial charge in [0.05, 0.1) is 6.33 Å². The van der Waals surface area contributed by atoms with Crippen molar-refractivity contribution in [3.05, 3.63) is 18.2 Å². The maximum Gasteiger partial charge on any atom is 0.274 e. The van der Waals surface area contributed by atoms with Gasteiger partial charge in [0.15, 0.2) is 0 Å². The van der Waals surface area contributed by atoms with Crippen LogP contribution in [-0.2, 0) is 7.05 Å². The van der Waals surface area contributed by atoms with Crippen LogP contribution >= 0.6 is 0 Å². The Kier molecular flexibility index (Phi) is 3.47. The van der Waals surface area contributed by atoms with Crippen molar-refractivity contribution < 1.29 is 4.79 Å². The minimum absolute atomic E-state index is 0.0482. The fourth-order valence-electron chi connectivity index (χ4n) is 2.44. The zero-order chi connectivity index (χ0) is 12.4. The lowest BCUT2D eigenvalue weighted by Gasteiger charge is -2.36. The van der Waals surface area contributed by atoms with Crippen LogP contribution in [0.25, 0.3) is 0 Å². The number of aryl methyl sites for hydroxylation is 1. The van der Waals surface area contributed by atoms with Crippen LogP contribution in [0.5, 0.6) is 0 Å². The van der Waals surface area contributed by atoms with Gasteiger partial charge in [-0.25, -0.2) is 4.98 Å². The zero-order valence-corrected chi connectivity index (χ0v) is 10.7. The highest BCUT2D eigenvalue weighted by Crippen LogP contribution is 2.18. The van der Waals surface area contributed by atoms with Crippen molar-refractivity contribution in [1.29, 1.82) is 0 Å². The summed E-state index contributed by atoms with van der Waals surface area (Å²) in [6.45, 7) is 3.80. The number of carbonyl (C=O) groups is 1. The van der Waals surface area contributed by atoms with Crippen molar-refractivity contribution in [3.63, 3.8) is 0 Å². The summed E-state index contributed by atoms with van der Waals surface area (Å²) in [5.74, 6) is 0.536. The van der Waals surface area contributed by atoms with Gasteiger partial charge in [0, 0.05) is 32.4 Å². The second kappa shape index (κ2) is 4.87. The molecule has 0 aromatic carbocycles. The summed E-state index contributed by atoms with van der Waals surface area (Å²) in [5, 5.41) is 3.30. The number of carbonyl (C=O) groups excluding carboxylic acids is 1. The van der Waals surface area contributed by atoms with Crippen LogP contribution in [0.1, 0.15) is 23.8 Å². The Morgan fingerprint density at radius 3 is 2.88 bits per heavy atom. The van der Waals surface area contributed by atoms with E-state index in [0.29, 0.717) is 17.7 Å². The number of piperidine rings is 1. The number of likely N-dealkylation sites (tertiary alicyclic amines) is 1. The molecule has 1 saturated heterocycles. The third kappa shape index (κ3) is 2.49. The van der Waals surface area contributed by atoms with Crippen molar-refractivity contribution in [2.24, 2.45) is 13.0 Å². The predicted molar refractivity (Wildman–Crippen MR) is 65.7 cm³/mol. The van der Waals surface area contributed by atoms with Crippen LogP contribution in [0.15, 0.2) is 12.5 Å². The lowest BCUT2D eigenvalue weighted by Crippen LogP contribution is -2.49. The van der Waals surface area contributed by atoms with Crippen molar-refractivity contribution in [3.8, 4) is 0 Å². The van der Waals surface area contributed by atoms with Gasteiger partial charge in [-0.3, -0.25) is 4.79 Å². The van der Waals surface area contributed by atoms with Gasteiger partial charge in [-0.15, -0.1) is 0 Å². The Labute approximate surface area is 102 Å². The van der Waals surface area contributed by atoms with Gasteiger partial charge in [-0.2, -0.15) is 0 Å². The molecule has 1 aliphatic heterocycles. The maximum atomic E-state index is 12.2. The molecule has 2 heterocycles. The summed E-state index contributed by atoms with van der Waals surface area (Å²) < 4.78 is 1.80. The van der Waals surface area contributed by atoms with E-state index < -0.39 is 0 Å². The summed E-state index contributed by atoms with van der Waals surface area (Å²) in [6, 6.07) is 0.516. The monoisotopic (exact) mass is 236 g/mol. The van der Waals surface area contributed by atoms with Gasteiger partial charge >= 0.3 is 0 Å². The molecule has 2 rings (SSSR count). The minimum atomic E-state index is 0.0482. The Bertz CT molecular complexity index is 401. The number of imidazole rings is 1. The van der Waals surface area contributed by atoms with Crippen molar-refractivity contribution in [1.82, 2.24) is 19.8 Å². The third-order valence-corrected chi connectivity index (χ3v) is 3.49. The largest absolute Gasteiger partial charge is 0.340 e. The highest BCUT2D eigenvalue weighted by atomic mass is 16.2. The summed E-state index contributed by atoms with van der Waals surface area (Å²) in [7, 11) is 3.86. The second-order valence-corrected chi connectivity index (χ2v) is 4.84. The summed E-state index contributed by atoms with van der Waals surface area (Å²) in [5.41, 5.74) is 0.544. The van der Waals surface area contributed by atoms with E-state index in [-0.39, 0.29) is 5.91 Å². The summed E-state index contributed by atoms with van der Waals surface area (Å²) in [6.07, 6.45) is 4.45. The van der Waals surface area contributed by atoms with E-state index >= 15 is 0 Å². The van der Waals surface area contributed by atoms with E-state index in [1.165, 1.54) is 0 Å². The molecule has 1 fully saturated rings. The molecular formula is C12H20N4O. The summed E-state index contributed by atoms with van der Waals surface area (Å²) >= 11 is 0. The van der Waals surface area contributed by atoms with E-state index in [4.69, 9.17) is 0 Å². The van der Waals surface area contributed by atoms with Crippen molar-refractivity contribution >= 4 is 5.91 Å². The van der Waals surface area contributed by atoms with Gasteiger partial charge < -0.3 is 14.8 Å². The number of aromatic nitrogens is 2. The average molecular weight is 236 g/mol. The van der Waals surface area contributed by atoms with Gasteiger partial charge in [0.25, 0.3) is 5.91 Å². The second-order valence-electron chi connectivity index (χ2n) is 4.84. The molecule has 1 aromatic heterocycles. The SMILES string of the molecule is CNC1CCN(C(=O)c2cn(C)cn2)CC1C. The molecule has 5 nitrogen and oxygen atoms in total. The van der Waals surface area contributed by atoms with Crippen LogP contribution < -0.4 is 5.32 Å². The van der Waals surface area contributed by atoms with E-state index in [1.807, 2.05) is 19.0 Å². The van der Waals surface area contributed by atoms with E-state index in [1.54, 1.807) is 17.1 Å². The molecule has 2 unspecified atom stereocenters. The zero-order valence-electron chi connectivity index (χ0n) is 10.7. The average Bonchev–Trinajstić information content (AvgIpc) is 2.75. The first-order valence-corrected chi connectivity index (χ1v) is 6.06. The lowest BCUT2D eigenvalue weighted by atomic mass is 9.94. The molecule has 1 N–H and O–H groups in total. The van der Waals surface area contributed by atoms with Crippen LogP contribution in [0, 0.1) is 5.92 Å². The Hall–Kier alpha value is -1.36. The van der Waals surface area contributed by atoms with Crippen LogP contribution in [0.3, 0.4) is 0 Å². The standard InChI is InChI=1S/C12H20N4O/c1-9-6-16(5-4-10(9)13-2)12(17)11-7-15(3)8-14-11/h7-10,13H,4-6H2,1-3H3. The van der Waals surface area contributed by atoms with Gasteiger partial charge in [-0.1, -0.05) is 6.92 Å². The number of nitrogens with one attached hydrogen (secondary N) is 1. The number of hydrogen-bond donors (Lipinski definition) is 1. The molecule has 94 valence electrons. The van der Waals surface area contributed by atoms with Crippen LogP contribution in [0.4, 0.5) is 0 Å². The molecule has 1 aliphatic rings. The molecule has 17 heavy (non-hydrogen) atoms. The molecule has 0 saturated carbocycles. The third-order valence-electron chi connectivity index (χ3n) is 3.49. The molecule has 0 bridgehead atoms. The van der Waals surface area contributed by atoms with E-state index in [0.717, 1.165) is 19.5 Å². The fourth-order valence-corrected chi connectivity index (χ4v) is 2.44.